The predicted octanol–water partition coefficient (Wildman–Crippen LogP) is 3.31. The van der Waals surface area contributed by atoms with Crippen LogP contribution >= 0.6 is 0 Å². The van der Waals surface area contributed by atoms with Crippen LogP contribution in [0.25, 0.3) is 0 Å². The molecule has 0 fully saturated rings. The fraction of sp³-hybridized carbons (Fsp3) is 0.556. The van der Waals surface area contributed by atoms with Crippen molar-refractivity contribution in [3.63, 3.8) is 0 Å². The van der Waals surface area contributed by atoms with Gasteiger partial charge in [0.25, 0.3) is 0 Å². The Morgan fingerprint density at radius 3 is 2.20 bits per heavy atom. The van der Waals surface area contributed by atoms with E-state index in [-0.39, 0.29) is 0 Å². The number of hydrogen-bond acceptors (Lipinski definition) is 5. The van der Waals surface area contributed by atoms with Gasteiger partial charge >= 0.3 is 8.80 Å². The SMILES string of the molecule is CCO[Si](CCCn1cc(Cc2ccccc2)nn1)(OCC)OCC. The maximum atomic E-state index is 5.88. The lowest BCUT2D eigenvalue weighted by Gasteiger charge is -2.28. The third-order valence-corrected chi connectivity index (χ3v) is 6.93. The summed E-state index contributed by atoms with van der Waals surface area (Å²) in [6, 6.07) is 11.1. The smallest absolute Gasteiger partial charge is 0.374 e. The van der Waals surface area contributed by atoms with Gasteiger partial charge in [0, 0.05) is 45.0 Å². The van der Waals surface area contributed by atoms with E-state index in [4.69, 9.17) is 13.3 Å². The summed E-state index contributed by atoms with van der Waals surface area (Å²) in [7, 11) is -2.57. The maximum absolute atomic E-state index is 5.88. The van der Waals surface area contributed by atoms with Gasteiger partial charge in [0.15, 0.2) is 0 Å². The highest BCUT2D eigenvalue weighted by Crippen LogP contribution is 2.18. The van der Waals surface area contributed by atoms with Crippen LogP contribution in [-0.4, -0.2) is 43.6 Å². The third-order valence-electron chi connectivity index (χ3n) is 3.78. The topological polar surface area (TPSA) is 58.4 Å². The molecule has 0 atom stereocenters. The van der Waals surface area contributed by atoms with Crippen molar-refractivity contribution in [2.75, 3.05) is 19.8 Å². The van der Waals surface area contributed by atoms with Crippen molar-refractivity contribution in [2.45, 2.75) is 46.2 Å². The fourth-order valence-corrected chi connectivity index (χ4v) is 5.39. The summed E-state index contributed by atoms with van der Waals surface area (Å²) in [5.74, 6) is 0. The monoisotopic (exact) mass is 363 g/mol. The van der Waals surface area contributed by atoms with Gasteiger partial charge in [-0.2, -0.15) is 0 Å². The Labute approximate surface area is 151 Å². The largest absolute Gasteiger partial charge is 0.500 e. The summed E-state index contributed by atoms with van der Waals surface area (Å²) < 4.78 is 19.5. The molecule has 0 N–H and O–H groups in total. The van der Waals surface area contributed by atoms with Crippen LogP contribution < -0.4 is 0 Å². The molecular formula is C18H29N3O3Si. The highest BCUT2D eigenvalue weighted by molar-refractivity contribution is 6.60. The molecule has 7 heteroatoms. The molecule has 0 spiro atoms. The first-order valence-electron chi connectivity index (χ1n) is 9.06. The van der Waals surface area contributed by atoms with Crippen molar-refractivity contribution < 1.29 is 13.3 Å². The molecule has 0 aliphatic carbocycles. The molecule has 0 amide bonds. The van der Waals surface area contributed by atoms with Gasteiger partial charge < -0.3 is 13.3 Å². The molecule has 0 saturated heterocycles. The average molecular weight is 364 g/mol. The molecule has 2 rings (SSSR count). The molecule has 2 aromatic rings. The second-order valence-corrected chi connectivity index (χ2v) is 8.45. The first-order valence-corrected chi connectivity index (χ1v) is 11.0. The van der Waals surface area contributed by atoms with Gasteiger partial charge in [-0.1, -0.05) is 35.5 Å². The van der Waals surface area contributed by atoms with Gasteiger partial charge in [-0.3, -0.25) is 4.68 Å². The van der Waals surface area contributed by atoms with E-state index in [0.717, 1.165) is 31.1 Å². The molecule has 138 valence electrons. The second kappa shape index (κ2) is 10.4. The molecule has 0 bridgehead atoms. The lowest BCUT2D eigenvalue weighted by molar-refractivity contribution is 0.0704. The zero-order chi connectivity index (χ0) is 18.0. The summed E-state index contributed by atoms with van der Waals surface area (Å²) >= 11 is 0. The van der Waals surface area contributed by atoms with Crippen LogP contribution in [-0.2, 0) is 26.2 Å². The van der Waals surface area contributed by atoms with E-state index in [1.165, 1.54) is 5.56 Å². The van der Waals surface area contributed by atoms with Gasteiger partial charge in [0.05, 0.1) is 5.69 Å². The lowest BCUT2D eigenvalue weighted by atomic mass is 10.1. The Morgan fingerprint density at radius 2 is 1.60 bits per heavy atom. The van der Waals surface area contributed by atoms with Gasteiger partial charge in [-0.25, -0.2) is 0 Å². The average Bonchev–Trinajstić information content (AvgIpc) is 3.04. The molecule has 0 aliphatic rings. The normalized spacial score (nSPS) is 11.8. The Kier molecular flexibility index (Phi) is 8.27. The Balaban J connectivity index is 1.87. The molecule has 0 aliphatic heterocycles. The van der Waals surface area contributed by atoms with Crippen LogP contribution in [0.4, 0.5) is 0 Å². The summed E-state index contributed by atoms with van der Waals surface area (Å²) in [5, 5.41) is 8.50. The van der Waals surface area contributed by atoms with Gasteiger partial charge in [0.2, 0.25) is 0 Å². The minimum absolute atomic E-state index is 0.608. The first kappa shape index (κ1) is 19.8. The minimum Gasteiger partial charge on any atom is -0.374 e. The zero-order valence-corrected chi connectivity index (χ0v) is 16.5. The summed E-state index contributed by atoms with van der Waals surface area (Å²) in [6.45, 7) is 8.54. The number of nitrogens with zero attached hydrogens (tertiary/aromatic N) is 3. The number of hydrogen-bond donors (Lipinski definition) is 0. The standard InChI is InChI=1S/C18H29N3O3Si/c1-4-22-25(23-5-2,24-6-3)14-10-13-21-16-18(19-20-21)15-17-11-8-7-9-12-17/h7-9,11-12,16H,4-6,10,13-15H2,1-3H3. The van der Waals surface area contributed by atoms with Crippen LogP contribution in [0.15, 0.2) is 36.5 Å². The summed E-state index contributed by atoms with van der Waals surface area (Å²) in [6.07, 6.45) is 3.70. The molecule has 0 radical (unpaired) electrons. The number of benzene rings is 1. The van der Waals surface area contributed by atoms with Crippen molar-refractivity contribution >= 4 is 8.80 Å². The van der Waals surface area contributed by atoms with Crippen LogP contribution in [0.5, 0.6) is 0 Å². The number of rotatable bonds is 12. The molecule has 6 nitrogen and oxygen atoms in total. The van der Waals surface area contributed by atoms with Crippen molar-refractivity contribution in [3.8, 4) is 0 Å². The van der Waals surface area contributed by atoms with Crippen molar-refractivity contribution in [1.29, 1.82) is 0 Å². The Bertz CT molecular complexity index is 590. The van der Waals surface area contributed by atoms with Crippen molar-refractivity contribution in [1.82, 2.24) is 15.0 Å². The predicted molar refractivity (Wildman–Crippen MR) is 99.3 cm³/mol. The quantitative estimate of drug-likeness (QED) is 0.542. The van der Waals surface area contributed by atoms with Crippen LogP contribution in [0.2, 0.25) is 6.04 Å². The molecule has 1 aromatic carbocycles. The molecule has 1 heterocycles. The first-order chi connectivity index (χ1) is 12.2. The molecular weight excluding hydrogens is 334 g/mol. The van der Waals surface area contributed by atoms with Gasteiger partial charge in [-0.15, -0.1) is 5.10 Å². The van der Waals surface area contributed by atoms with E-state index in [9.17, 15) is 0 Å². The van der Waals surface area contributed by atoms with E-state index in [0.29, 0.717) is 19.8 Å². The number of aryl methyl sites for hydroxylation is 1. The number of aromatic nitrogens is 3. The lowest BCUT2D eigenvalue weighted by Crippen LogP contribution is -2.46. The molecule has 0 unspecified atom stereocenters. The second-order valence-electron chi connectivity index (χ2n) is 5.72. The van der Waals surface area contributed by atoms with E-state index in [2.05, 4.69) is 22.4 Å². The highest BCUT2D eigenvalue weighted by atomic mass is 28.4. The van der Waals surface area contributed by atoms with Crippen molar-refractivity contribution in [2.24, 2.45) is 0 Å². The van der Waals surface area contributed by atoms with E-state index in [1.54, 1.807) is 0 Å². The Hall–Kier alpha value is -1.54. The van der Waals surface area contributed by atoms with E-state index < -0.39 is 8.80 Å². The van der Waals surface area contributed by atoms with Crippen molar-refractivity contribution in [3.05, 3.63) is 47.8 Å². The summed E-state index contributed by atoms with van der Waals surface area (Å²) in [5.41, 5.74) is 2.22. The van der Waals surface area contributed by atoms with Crippen LogP contribution in [0.3, 0.4) is 0 Å². The third kappa shape index (κ3) is 6.35. The van der Waals surface area contributed by atoms with E-state index >= 15 is 0 Å². The van der Waals surface area contributed by atoms with Crippen LogP contribution in [0.1, 0.15) is 38.4 Å². The Morgan fingerprint density at radius 1 is 0.960 bits per heavy atom. The molecule has 25 heavy (non-hydrogen) atoms. The summed E-state index contributed by atoms with van der Waals surface area (Å²) in [4.78, 5) is 0. The zero-order valence-electron chi connectivity index (χ0n) is 15.5. The van der Waals surface area contributed by atoms with Gasteiger partial charge in [-0.05, 0) is 32.8 Å². The molecule has 0 saturated carbocycles. The maximum Gasteiger partial charge on any atom is 0.500 e. The fourth-order valence-electron chi connectivity index (χ4n) is 2.79. The van der Waals surface area contributed by atoms with Crippen LogP contribution in [0, 0.1) is 0 Å². The highest BCUT2D eigenvalue weighted by Gasteiger charge is 2.39. The molecule has 1 aromatic heterocycles. The van der Waals surface area contributed by atoms with E-state index in [1.807, 2.05) is 49.8 Å². The van der Waals surface area contributed by atoms with Gasteiger partial charge in [0.1, 0.15) is 0 Å². The minimum atomic E-state index is -2.57.